The summed E-state index contributed by atoms with van der Waals surface area (Å²) in [4.78, 5) is 26.7. The van der Waals surface area contributed by atoms with E-state index < -0.39 is 17.8 Å². The summed E-state index contributed by atoms with van der Waals surface area (Å²) in [7, 11) is 0. The third-order valence-electron chi connectivity index (χ3n) is 4.01. The Morgan fingerprint density at radius 2 is 1.77 bits per heavy atom. The van der Waals surface area contributed by atoms with Crippen molar-refractivity contribution in [2.75, 3.05) is 13.1 Å². The molecular formula is C17H23FN2O2. The van der Waals surface area contributed by atoms with Crippen LogP contribution in [-0.2, 0) is 4.79 Å². The summed E-state index contributed by atoms with van der Waals surface area (Å²) in [5, 5.41) is 2.70. The van der Waals surface area contributed by atoms with Gasteiger partial charge in [0.05, 0.1) is 5.56 Å². The third kappa shape index (κ3) is 3.84. The zero-order chi connectivity index (χ0) is 16.1. The van der Waals surface area contributed by atoms with Gasteiger partial charge in [-0.25, -0.2) is 4.39 Å². The summed E-state index contributed by atoms with van der Waals surface area (Å²) in [6, 6.07) is 5.18. The largest absolute Gasteiger partial charge is 0.341 e. The van der Waals surface area contributed by atoms with Gasteiger partial charge in [0.2, 0.25) is 5.91 Å². The van der Waals surface area contributed by atoms with Gasteiger partial charge in [-0.2, -0.15) is 0 Å². The Morgan fingerprint density at radius 1 is 1.14 bits per heavy atom. The van der Waals surface area contributed by atoms with E-state index in [1.54, 1.807) is 11.0 Å². The monoisotopic (exact) mass is 306 g/mol. The minimum atomic E-state index is -0.620. The van der Waals surface area contributed by atoms with E-state index in [1.807, 2.05) is 13.8 Å². The Morgan fingerprint density at radius 3 is 2.36 bits per heavy atom. The van der Waals surface area contributed by atoms with Crippen molar-refractivity contribution >= 4 is 11.8 Å². The number of likely N-dealkylation sites (tertiary alicyclic amines) is 1. The maximum Gasteiger partial charge on any atom is 0.254 e. The molecule has 0 aromatic heterocycles. The number of hydrogen-bond donors (Lipinski definition) is 1. The zero-order valence-corrected chi connectivity index (χ0v) is 13.1. The molecule has 0 unspecified atom stereocenters. The van der Waals surface area contributed by atoms with Gasteiger partial charge in [-0.15, -0.1) is 0 Å². The number of halogens is 1. The molecule has 1 N–H and O–H groups in total. The number of carbonyl (C=O) groups is 2. The van der Waals surface area contributed by atoms with Crippen LogP contribution in [0.4, 0.5) is 4.39 Å². The van der Waals surface area contributed by atoms with Crippen LogP contribution < -0.4 is 5.32 Å². The van der Waals surface area contributed by atoms with Gasteiger partial charge < -0.3 is 10.2 Å². The molecule has 1 aromatic carbocycles. The van der Waals surface area contributed by atoms with E-state index in [0.717, 1.165) is 32.4 Å². The van der Waals surface area contributed by atoms with Gasteiger partial charge in [-0.3, -0.25) is 9.59 Å². The standard InChI is InChI=1S/C17H23FN2O2/c1-12(2)15(17(22)20-10-6-3-7-11-20)19-16(21)13-8-4-5-9-14(13)18/h4-5,8-9,12,15H,3,6-7,10-11H2,1-2H3,(H,19,21)/t15-/m1/s1. The molecule has 1 saturated heterocycles. The highest BCUT2D eigenvalue weighted by Crippen LogP contribution is 2.14. The minimum Gasteiger partial charge on any atom is -0.341 e. The highest BCUT2D eigenvalue weighted by atomic mass is 19.1. The molecule has 1 aliphatic heterocycles. The van der Waals surface area contributed by atoms with E-state index in [1.165, 1.54) is 18.2 Å². The molecule has 22 heavy (non-hydrogen) atoms. The van der Waals surface area contributed by atoms with Crippen molar-refractivity contribution in [2.45, 2.75) is 39.2 Å². The van der Waals surface area contributed by atoms with Crippen molar-refractivity contribution in [1.29, 1.82) is 0 Å². The molecule has 0 spiro atoms. The molecule has 1 atom stereocenters. The minimum absolute atomic E-state index is 0.0282. The van der Waals surface area contributed by atoms with E-state index in [-0.39, 0.29) is 17.4 Å². The Balaban J connectivity index is 2.10. The van der Waals surface area contributed by atoms with Crippen molar-refractivity contribution < 1.29 is 14.0 Å². The quantitative estimate of drug-likeness (QED) is 0.929. The Hall–Kier alpha value is -1.91. The summed E-state index contributed by atoms with van der Waals surface area (Å²) < 4.78 is 13.7. The molecular weight excluding hydrogens is 283 g/mol. The molecule has 2 amide bonds. The van der Waals surface area contributed by atoms with Gasteiger partial charge in [0.25, 0.3) is 5.91 Å². The first-order valence-electron chi connectivity index (χ1n) is 7.85. The lowest BCUT2D eigenvalue weighted by atomic mass is 10.0. The van der Waals surface area contributed by atoms with E-state index in [0.29, 0.717) is 0 Å². The number of benzene rings is 1. The van der Waals surface area contributed by atoms with Crippen molar-refractivity contribution in [2.24, 2.45) is 5.92 Å². The van der Waals surface area contributed by atoms with Crippen molar-refractivity contribution in [3.63, 3.8) is 0 Å². The summed E-state index contributed by atoms with van der Waals surface area (Å²) in [5.41, 5.74) is -0.0282. The molecule has 1 fully saturated rings. The summed E-state index contributed by atoms with van der Waals surface area (Å²) >= 11 is 0. The number of hydrogen-bond acceptors (Lipinski definition) is 2. The number of piperidine rings is 1. The van der Waals surface area contributed by atoms with Crippen LogP contribution in [0, 0.1) is 11.7 Å². The first kappa shape index (κ1) is 16.5. The highest BCUT2D eigenvalue weighted by molar-refractivity contribution is 5.97. The molecule has 1 aliphatic rings. The van der Waals surface area contributed by atoms with Gasteiger partial charge in [0.15, 0.2) is 0 Å². The molecule has 120 valence electrons. The van der Waals surface area contributed by atoms with E-state index in [2.05, 4.69) is 5.32 Å². The molecule has 1 heterocycles. The smallest absolute Gasteiger partial charge is 0.254 e. The van der Waals surface area contributed by atoms with Crippen LogP contribution in [0.2, 0.25) is 0 Å². The van der Waals surface area contributed by atoms with Crippen LogP contribution in [0.25, 0.3) is 0 Å². The molecule has 0 radical (unpaired) electrons. The molecule has 1 aromatic rings. The summed E-state index contributed by atoms with van der Waals surface area (Å²) in [5.74, 6) is -1.24. The number of nitrogens with zero attached hydrogens (tertiary/aromatic N) is 1. The molecule has 0 aliphatic carbocycles. The second-order valence-electron chi connectivity index (χ2n) is 6.06. The average molecular weight is 306 g/mol. The fraction of sp³-hybridized carbons (Fsp3) is 0.529. The topological polar surface area (TPSA) is 49.4 Å². The molecule has 0 bridgehead atoms. The van der Waals surface area contributed by atoms with Crippen LogP contribution in [0.15, 0.2) is 24.3 Å². The van der Waals surface area contributed by atoms with Crippen LogP contribution >= 0.6 is 0 Å². The fourth-order valence-electron chi connectivity index (χ4n) is 2.69. The molecule has 0 saturated carbocycles. The maximum absolute atomic E-state index is 13.7. The molecule has 5 heteroatoms. The summed E-state index contributed by atoms with van der Waals surface area (Å²) in [6.45, 7) is 5.23. The Labute approximate surface area is 130 Å². The Bertz CT molecular complexity index is 539. The predicted molar refractivity (Wildman–Crippen MR) is 82.9 cm³/mol. The number of nitrogens with one attached hydrogen (secondary N) is 1. The van der Waals surface area contributed by atoms with Gasteiger partial charge in [0, 0.05) is 13.1 Å². The lowest BCUT2D eigenvalue weighted by molar-refractivity contribution is -0.135. The van der Waals surface area contributed by atoms with Gasteiger partial charge >= 0.3 is 0 Å². The SMILES string of the molecule is CC(C)[C@@H](NC(=O)c1ccccc1F)C(=O)N1CCCCC1. The lowest BCUT2D eigenvalue weighted by Gasteiger charge is -2.32. The van der Waals surface area contributed by atoms with Gasteiger partial charge in [-0.05, 0) is 37.3 Å². The van der Waals surface area contributed by atoms with Gasteiger partial charge in [-0.1, -0.05) is 26.0 Å². The van der Waals surface area contributed by atoms with Crippen LogP contribution in [0.1, 0.15) is 43.5 Å². The maximum atomic E-state index is 13.7. The van der Waals surface area contributed by atoms with Crippen LogP contribution in [0.5, 0.6) is 0 Å². The highest BCUT2D eigenvalue weighted by Gasteiger charge is 2.30. The number of rotatable bonds is 4. The normalized spacial score (nSPS) is 16.5. The van der Waals surface area contributed by atoms with E-state index >= 15 is 0 Å². The first-order valence-corrected chi connectivity index (χ1v) is 7.85. The number of amides is 2. The second-order valence-corrected chi connectivity index (χ2v) is 6.06. The fourth-order valence-corrected chi connectivity index (χ4v) is 2.69. The average Bonchev–Trinajstić information content (AvgIpc) is 2.52. The predicted octanol–water partition coefficient (Wildman–Crippen LogP) is 2.59. The van der Waals surface area contributed by atoms with Crippen molar-refractivity contribution in [3.8, 4) is 0 Å². The Kier molecular flexibility index (Phi) is 5.52. The van der Waals surface area contributed by atoms with Crippen LogP contribution in [0.3, 0.4) is 0 Å². The van der Waals surface area contributed by atoms with Crippen molar-refractivity contribution in [1.82, 2.24) is 10.2 Å². The molecule has 4 nitrogen and oxygen atoms in total. The first-order chi connectivity index (χ1) is 10.5. The molecule has 2 rings (SSSR count). The lowest BCUT2D eigenvalue weighted by Crippen LogP contribution is -2.52. The summed E-state index contributed by atoms with van der Waals surface area (Å²) in [6.07, 6.45) is 3.13. The van der Waals surface area contributed by atoms with Crippen molar-refractivity contribution in [3.05, 3.63) is 35.6 Å². The van der Waals surface area contributed by atoms with E-state index in [4.69, 9.17) is 0 Å². The third-order valence-corrected chi connectivity index (χ3v) is 4.01. The van der Waals surface area contributed by atoms with Gasteiger partial charge in [0.1, 0.15) is 11.9 Å². The van der Waals surface area contributed by atoms with Crippen LogP contribution in [-0.4, -0.2) is 35.8 Å². The second kappa shape index (κ2) is 7.38. The van der Waals surface area contributed by atoms with E-state index in [9.17, 15) is 14.0 Å². The zero-order valence-electron chi connectivity index (χ0n) is 13.1. The number of carbonyl (C=O) groups excluding carboxylic acids is 2.